The lowest BCUT2D eigenvalue weighted by Crippen LogP contribution is -2.39. The summed E-state index contributed by atoms with van der Waals surface area (Å²) in [6, 6.07) is 8.22. The van der Waals surface area contributed by atoms with Crippen molar-refractivity contribution in [2.45, 2.75) is 58.0 Å². The van der Waals surface area contributed by atoms with Crippen LogP contribution < -0.4 is 5.11 Å². The minimum atomic E-state index is -0.967. The predicted octanol–water partition coefficient (Wildman–Crippen LogP) is 2.81. The number of hydrogen-bond donors (Lipinski definition) is 0. The number of aliphatic carboxylic acids is 1. The molecule has 0 unspecified atom stereocenters. The Balaban J connectivity index is 2.23. The predicted molar refractivity (Wildman–Crippen MR) is 80.9 cm³/mol. The SMILES string of the molecule is CC[C@]1(C)C[C@@H]([C@@H](CC(=O)[O-])c2ccc(C)cc2)CCO1. The van der Waals surface area contributed by atoms with Crippen molar-refractivity contribution >= 4 is 5.97 Å². The van der Waals surface area contributed by atoms with Gasteiger partial charge in [-0.25, -0.2) is 0 Å². The van der Waals surface area contributed by atoms with E-state index in [0.717, 1.165) is 24.8 Å². The second-order valence-corrected chi connectivity index (χ2v) is 6.50. The summed E-state index contributed by atoms with van der Waals surface area (Å²) in [5.41, 5.74) is 2.17. The van der Waals surface area contributed by atoms with Gasteiger partial charge in [-0.2, -0.15) is 0 Å². The molecule has 2 rings (SSSR count). The summed E-state index contributed by atoms with van der Waals surface area (Å²) in [6.45, 7) is 7.01. The maximum absolute atomic E-state index is 11.2. The summed E-state index contributed by atoms with van der Waals surface area (Å²) in [5, 5.41) is 11.2. The summed E-state index contributed by atoms with van der Waals surface area (Å²) < 4.78 is 5.89. The molecule has 1 aliphatic rings. The Morgan fingerprint density at radius 3 is 2.67 bits per heavy atom. The normalized spacial score (nSPS) is 27.3. The van der Waals surface area contributed by atoms with Crippen LogP contribution >= 0.6 is 0 Å². The summed E-state index contributed by atoms with van der Waals surface area (Å²) in [7, 11) is 0. The van der Waals surface area contributed by atoms with Gasteiger partial charge in [-0.15, -0.1) is 0 Å². The molecule has 21 heavy (non-hydrogen) atoms. The third-order valence-electron chi connectivity index (χ3n) is 4.84. The van der Waals surface area contributed by atoms with E-state index in [9.17, 15) is 9.90 Å². The van der Waals surface area contributed by atoms with Gasteiger partial charge in [0.25, 0.3) is 0 Å². The summed E-state index contributed by atoms with van der Waals surface area (Å²) in [6.07, 6.45) is 2.87. The van der Waals surface area contributed by atoms with Crippen molar-refractivity contribution in [1.29, 1.82) is 0 Å². The number of carboxylic acid groups (broad SMARTS) is 1. The number of ether oxygens (including phenoxy) is 1. The molecule has 0 saturated carbocycles. The maximum Gasteiger partial charge on any atom is 0.0654 e. The number of carbonyl (C=O) groups excluding carboxylic acids is 1. The van der Waals surface area contributed by atoms with Crippen LogP contribution in [0.3, 0.4) is 0 Å². The number of benzene rings is 1. The van der Waals surface area contributed by atoms with Gasteiger partial charge in [-0.3, -0.25) is 0 Å². The van der Waals surface area contributed by atoms with E-state index in [1.165, 1.54) is 5.56 Å². The lowest BCUT2D eigenvalue weighted by atomic mass is 9.74. The molecular weight excluding hydrogens is 264 g/mol. The molecule has 1 aromatic rings. The second kappa shape index (κ2) is 6.61. The highest BCUT2D eigenvalue weighted by Gasteiger charge is 2.35. The van der Waals surface area contributed by atoms with E-state index in [2.05, 4.69) is 38.1 Å². The van der Waals surface area contributed by atoms with E-state index in [4.69, 9.17) is 4.74 Å². The molecule has 1 saturated heterocycles. The topological polar surface area (TPSA) is 49.4 Å². The van der Waals surface area contributed by atoms with Crippen LogP contribution in [0.2, 0.25) is 0 Å². The van der Waals surface area contributed by atoms with Crippen LogP contribution in [0, 0.1) is 12.8 Å². The molecule has 1 fully saturated rings. The summed E-state index contributed by atoms with van der Waals surface area (Å²) in [5.74, 6) is -0.611. The molecule has 0 aliphatic carbocycles. The van der Waals surface area contributed by atoms with E-state index >= 15 is 0 Å². The molecule has 1 aliphatic heterocycles. The zero-order chi connectivity index (χ0) is 15.5. The average molecular weight is 289 g/mol. The van der Waals surface area contributed by atoms with Crippen molar-refractivity contribution in [2.24, 2.45) is 5.92 Å². The van der Waals surface area contributed by atoms with Crippen LogP contribution in [-0.4, -0.2) is 18.2 Å². The van der Waals surface area contributed by atoms with Crippen LogP contribution in [0.5, 0.6) is 0 Å². The van der Waals surface area contributed by atoms with E-state index in [0.29, 0.717) is 12.5 Å². The van der Waals surface area contributed by atoms with Gasteiger partial charge in [0.05, 0.1) is 5.60 Å². The molecule has 3 atom stereocenters. The minimum Gasteiger partial charge on any atom is -0.550 e. The van der Waals surface area contributed by atoms with Crippen LogP contribution in [0.25, 0.3) is 0 Å². The molecule has 0 spiro atoms. The van der Waals surface area contributed by atoms with Crippen molar-refractivity contribution in [3.8, 4) is 0 Å². The molecule has 1 heterocycles. The first-order valence-electron chi connectivity index (χ1n) is 7.84. The van der Waals surface area contributed by atoms with E-state index in [1.54, 1.807) is 0 Å². The zero-order valence-corrected chi connectivity index (χ0v) is 13.2. The first-order chi connectivity index (χ1) is 9.93. The maximum atomic E-state index is 11.2. The molecule has 3 heteroatoms. The number of rotatable bonds is 5. The highest BCUT2D eigenvalue weighted by atomic mass is 16.5. The van der Waals surface area contributed by atoms with Crippen LogP contribution in [-0.2, 0) is 9.53 Å². The van der Waals surface area contributed by atoms with Gasteiger partial charge in [0.15, 0.2) is 0 Å². The molecule has 0 bridgehead atoms. The van der Waals surface area contributed by atoms with Gasteiger partial charge in [-0.05, 0) is 56.9 Å². The van der Waals surface area contributed by atoms with Gasteiger partial charge in [0.2, 0.25) is 0 Å². The lowest BCUT2D eigenvalue weighted by Gasteiger charge is -2.41. The van der Waals surface area contributed by atoms with Crippen LogP contribution in [0.15, 0.2) is 24.3 Å². The molecule has 0 radical (unpaired) electrons. The fraction of sp³-hybridized carbons (Fsp3) is 0.611. The first kappa shape index (κ1) is 16.0. The molecular formula is C18H25O3-. The summed E-state index contributed by atoms with van der Waals surface area (Å²) in [4.78, 5) is 11.2. The van der Waals surface area contributed by atoms with E-state index in [-0.39, 0.29) is 17.9 Å². The quantitative estimate of drug-likeness (QED) is 0.837. The minimum absolute atomic E-state index is 0.0189. The van der Waals surface area contributed by atoms with Crippen LogP contribution in [0.4, 0.5) is 0 Å². The van der Waals surface area contributed by atoms with Gasteiger partial charge >= 0.3 is 0 Å². The molecule has 3 nitrogen and oxygen atoms in total. The standard InChI is InChI=1S/C18H26O3/c1-4-18(3)12-15(9-10-21-18)16(11-17(19)20)14-7-5-13(2)6-8-14/h5-8,15-16H,4,9-12H2,1-3H3,(H,19,20)/p-1/t15-,16-,18+/m0/s1. The summed E-state index contributed by atoms with van der Waals surface area (Å²) >= 11 is 0. The van der Waals surface area contributed by atoms with E-state index in [1.807, 2.05) is 6.92 Å². The van der Waals surface area contributed by atoms with Gasteiger partial charge in [-0.1, -0.05) is 36.8 Å². The number of carbonyl (C=O) groups is 1. The monoisotopic (exact) mass is 289 g/mol. The Kier molecular flexibility index (Phi) is 5.04. The average Bonchev–Trinajstić information content (AvgIpc) is 2.46. The Morgan fingerprint density at radius 2 is 2.10 bits per heavy atom. The third kappa shape index (κ3) is 4.07. The van der Waals surface area contributed by atoms with Gasteiger partial charge in [0.1, 0.15) is 0 Å². The smallest absolute Gasteiger partial charge is 0.0654 e. The number of aryl methyl sites for hydroxylation is 1. The number of carboxylic acids is 1. The van der Waals surface area contributed by atoms with Gasteiger partial charge < -0.3 is 14.6 Å². The van der Waals surface area contributed by atoms with Crippen molar-refractivity contribution in [2.75, 3.05) is 6.61 Å². The van der Waals surface area contributed by atoms with Crippen molar-refractivity contribution in [3.05, 3.63) is 35.4 Å². The largest absolute Gasteiger partial charge is 0.550 e. The first-order valence-corrected chi connectivity index (χ1v) is 7.84. The highest BCUT2D eigenvalue weighted by molar-refractivity contribution is 5.65. The molecule has 0 N–H and O–H groups in total. The molecule has 1 aromatic carbocycles. The van der Waals surface area contributed by atoms with Crippen molar-refractivity contribution < 1.29 is 14.6 Å². The van der Waals surface area contributed by atoms with E-state index < -0.39 is 5.97 Å². The Morgan fingerprint density at radius 1 is 1.43 bits per heavy atom. The lowest BCUT2D eigenvalue weighted by molar-refractivity contribution is -0.306. The Hall–Kier alpha value is -1.35. The Bertz CT molecular complexity index is 480. The van der Waals surface area contributed by atoms with Crippen molar-refractivity contribution in [1.82, 2.24) is 0 Å². The van der Waals surface area contributed by atoms with Crippen LogP contribution in [0.1, 0.15) is 56.6 Å². The molecule has 0 amide bonds. The number of hydrogen-bond acceptors (Lipinski definition) is 3. The van der Waals surface area contributed by atoms with Crippen molar-refractivity contribution in [3.63, 3.8) is 0 Å². The Labute approximate surface area is 127 Å². The highest BCUT2D eigenvalue weighted by Crippen LogP contribution is 2.41. The molecule has 116 valence electrons. The third-order valence-corrected chi connectivity index (χ3v) is 4.84. The fourth-order valence-corrected chi connectivity index (χ4v) is 3.31. The van der Waals surface area contributed by atoms with Gasteiger partial charge in [0, 0.05) is 12.6 Å². The zero-order valence-electron chi connectivity index (χ0n) is 13.2. The fourth-order valence-electron chi connectivity index (χ4n) is 3.31. The second-order valence-electron chi connectivity index (χ2n) is 6.50. The molecule has 0 aromatic heterocycles.